The fourth-order valence-electron chi connectivity index (χ4n) is 2.12. The minimum Gasteiger partial charge on any atom is -0.230 e. The van der Waals surface area contributed by atoms with E-state index in [-0.39, 0.29) is 0 Å². The third-order valence-corrected chi connectivity index (χ3v) is 5.91. The van der Waals surface area contributed by atoms with Crippen LogP contribution in [0.15, 0.2) is 57.3 Å². The normalized spacial score (nSPS) is 11.2. The van der Waals surface area contributed by atoms with Gasteiger partial charge in [0.1, 0.15) is 0 Å². The van der Waals surface area contributed by atoms with Gasteiger partial charge in [0.2, 0.25) is 0 Å². The maximum Gasteiger partial charge on any atom is 0.167 e. The monoisotopic (exact) mass is 403 g/mol. The van der Waals surface area contributed by atoms with Crippen LogP contribution in [0.4, 0.5) is 0 Å². The molecule has 8 heteroatoms. The summed E-state index contributed by atoms with van der Waals surface area (Å²) in [5.41, 5.74) is 1.98. The molecule has 4 rings (SSSR count). The van der Waals surface area contributed by atoms with Crippen molar-refractivity contribution in [3.63, 3.8) is 0 Å². The molecule has 5 nitrogen and oxygen atoms in total. The average Bonchev–Trinajstić information content (AvgIpc) is 3.19. The van der Waals surface area contributed by atoms with Crippen LogP contribution in [-0.2, 0) is 5.75 Å². The molecule has 0 bridgehead atoms. The molecule has 0 saturated heterocycles. The fourth-order valence-corrected chi connectivity index (χ4v) is 4.36. The third kappa shape index (κ3) is 3.15. The number of para-hydroxylation sites is 1. The molecule has 2 heterocycles. The topological polar surface area (TPSA) is 56.5 Å². The number of aromatic nitrogens is 5. The van der Waals surface area contributed by atoms with E-state index in [4.69, 9.17) is 0 Å². The third-order valence-electron chi connectivity index (χ3n) is 3.20. The van der Waals surface area contributed by atoms with E-state index >= 15 is 0 Å². The highest BCUT2D eigenvalue weighted by atomic mass is 79.9. The number of hydrogen-bond acceptors (Lipinski definition) is 6. The first kappa shape index (κ1) is 14.8. The lowest BCUT2D eigenvalue weighted by Gasteiger charge is -2.03. The number of nitrogens with zero attached hydrogens (tertiary/aromatic N) is 5. The molecule has 0 aliphatic carbocycles. The summed E-state index contributed by atoms with van der Waals surface area (Å²) >= 11 is 6.77. The summed E-state index contributed by atoms with van der Waals surface area (Å²) in [7, 11) is 0. The van der Waals surface area contributed by atoms with E-state index in [1.165, 1.54) is 4.70 Å². The van der Waals surface area contributed by atoms with Gasteiger partial charge in [0.05, 0.1) is 21.7 Å². The largest absolute Gasteiger partial charge is 0.230 e. The average molecular weight is 404 g/mol. The first-order chi connectivity index (χ1) is 11.3. The molecule has 0 aliphatic rings. The van der Waals surface area contributed by atoms with Crippen molar-refractivity contribution in [3.05, 3.63) is 58.8 Å². The number of tetrazole rings is 1. The molecule has 2 aromatic heterocycles. The molecule has 0 amide bonds. The maximum absolute atomic E-state index is 4.62. The Kier molecular flexibility index (Phi) is 4.11. The molecular weight excluding hydrogens is 394 g/mol. The Morgan fingerprint density at radius 2 is 1.91 bits per heavy atom. The zero-order chi connectivity index (χ0) is 15.6. The van der Waals surface area contributed by atoms with Crippen LogP contribution in [0, 0.1) is 0 Å². The van der Waals surface area contributed by atoms with Gasteiger partial charge in [-0.05, 0) is 46.8 Å². The van der Waals surface area contributed by atoms with E-state index in [0.29, 0.717) is 5.75 Å². The van der Waals surface area contributed by atoms with Gasteiger partial charge < -0.3 is 0 Å². The Morgan fingerprint density at radius 3 is 2.74 bits per heavy atom. The molecular formula is C15H10BrN5S2. The molecule has 0 saturated carbocycles. The van der Waals surface area contributed by atoms with Crippen LogP contribution in [0.25, 0.3) is 15.9 Å². The van der Waals surface area contributed by atoms with Crippen LogP contribution in [0.2, 0.25) is 0 Å². The Balaban J connectivity index is 1.55. The van der Waals surface area contributed by atoms with E-state index < -0.39 is 0 Å². The van der Waals surface area contributed by atoms with Gasteiger partial charge in [0.15, 0.2) is 10.2 Å². The minimum atomic E-state index is 0.670. The van der Waals surface area contributed by atoms with Gasteiger partial charge in [-0.2, -0.15) is 4.68 Å². The van der Waals surface area contributed by atoms with Gasteiger partial charge in [-0.15, -0.1) is 16.4 Å². The van der Waals surface area contributed by atoms with Gasteiger partial charge in [-0.25, -0.2) is 4.98 Å². The molecule has 0 N–H and O–H groups in total. The number of thioether (sulfide) groups is 1. The highest BCUT2D eigenvalue weighted by Crippen LogP contribution is 2.31. The predicted octanol–water partition coefficient (Wildman–Crippen LogP) is 4.33. The number of fused-ring (bicyclic) bond motifs is 1. The predicted molar refractivity (Wildman–Crippen MR) is 96.0 cm³/mol. The Bertz CT molecular complexity index is 915. The zero-order valence-electron chi connectivity index (χ0n) is 11.8. The van der Waals surface area contributed by atoms with Crippen LogP contribution in [-0.4, -0.2) is 25.2 Å². The highest BCUT2D eigenvalue weighted by Gasteiger charge is 2.11. The first-order valence-electron chi connectivity index (χ1n) is 6.81. The molecule has 0 spiro atoms. The van der Waals surface area contributed by atoms with Crippen LogP contribution < -0.4 is 0 Å². The number of rotatable bonds is 4. The zero-order valence-corrected chi connectivity index (χ0v) is 15.0. The first-order valence-corrected chi connectivity index (χ1v) is 9.41. The fraction of sp³-hybridized carbons (Fsp3) is 0.0667. The minimum absolute atomic E-state index is 0.670. The second-order valence-corrected chi connectivity index (χ2v) is 7.89. The Labute approximate surface area is 148 Å². The van der Waals surface area contributed by atoms with Gasteiger partial charge in [0, 0.05) is 4.47 Å². The second kappa shape index (κ2) is 6.38. The SMILES string of the molecule is Brc1ccc(-n2nnnc2CSc2nc3ccccc3s2)cc1. The van der Waals surface area contributed by atoms with E-state index in [1.54, 1.807) is 27.8 Å². The van der Waals surface area contributed by atoms with Crippen LogP contribution in [0.1, 0.15) is 5.82 Å². The number of benzene rings is 2. The molecule has 0 aliphatic heterocycles. The summed E-state index contributed by atoms with van der Waals surface area (Å²) in [6.45, 7) is 0. The number of halogens is 1. The van der Waals surface area contributed by atoms with Crippen molar-refractivity contribution in [1.29, 1.82) is 0 Å². The molecule has 4 aromatic rings. The van der Waals surface area contributed by atoms with E-state index in [9.17, 15) is 0 Å². The lowest BCUT2D eigenvalue weighted by atomic mass is 10.3. The molecule has 0 unspecified atom stereocenters. The summed E-state index contributed by atoms with van der Waals surface area (Å²) in [6.07, 6.45) is 0. The summed E-state index contributed by atoms with van der Waals surface area (Å²) in [5.74, 6) is 1.47. The van der Waals surface area contributed by atoms with E-state index in [2.05, 4.69) is 42.5 Å². The van der Waals surface area contributed by atoms with Gasteiger partial charge >= 0.3 is 0 Å². The quantitative estimate of drug-likeness (QED) is 0.474. The van der Waals surface area contributed by atoms with Crippen LogP contribution in [0.5, 0.6) is 0 Å². The molecule has 2 aromatic carbocycles. The summed E-state index contributed by atoms with van der Waals surface area (Å²) in [6, 6.07) is 16.1. The molecule has 23 heavy (non-hydrogen) atoms. The number of hydrogen-bond donors (Lipinski definition) is 0. The number of thiazole rings is 1. The van der Waals surface area contributed by atoms with Crippen molar-refractivity contribution in [1.82, 2.24) is 25.2 Å². The lowest BCUT2D eigenvalue weighted by molar-refractivity contribution is 0.777. The van der Waals surface area contributed by atoms with Crippen LogP contribution >= 0.6 is 39.0 Å². The van der Waals surface area contributed by atoms with Gasteiger partial charge in [-0.3, -0.25) is 0 Å². The maximum atomic E-state index is 4.62. The van der Waals surface area contributed by atoms with E-state index in [1.807, 2.05) is 42.5 Å². The summed E-state index contributed by atoms with van der Waals surface area (Å²) in [5, 5.41) is 12.0. The van der Waals surface area contributed by atoms with Crippen molar-refractivity contribution >= 4 is 49.2 Å². The lowest BCUT2D eigenvalue weighted by Crippen LogP contribution is -2.01. The highest BCUT2D eigenvalue weighted by molar-refractivity contribution is 9.10. The molecule has 114 valence electrons. The van der Waals surface area contributed by atoms with E-state index in [0.717, 1.165) is 25.8 Å². The van der Waals surface area contributed by atoms with Gasteiger partial charge in [0.25, 0.3) is 0 Å². The van der Waals surface area contributed by atoms with Crippen molar-refractivity contribution in [3.8, 4) is 5.69 Å². The van der Waals surface area contributed by atoms with Gasteiger partial charge in [-0.1, -0.05) is 39.8 Å². The smallest absolute Gasteiger partial charge is 0.167 e. The molecule has 0 radical (unpaired) electrons. The van der Waals surface area contributed by atoms with Crippen molar-refractivity contribution < 1.29 is 0 Å². The summed E-state index contributed by atoms with van der Waals surface area (Å²) in [4.78, 5) is 4.62. The summed E-state index contributed by atoms with van der Waals surface area (Å²) < 4.78 is 5.01. The van der Waals surface area contributed by atoms with Crippen molar-refractivity contribution in [2.45, 2.75) is 10.1 Å². The molecule has 0 atom stereocenters. The van der Waals surface area contributed by atoms with Crippen LogP contribution in [0.3, 0.4) is 0 Å². The molecule has 0 fully saturated rings. The second-order valence-electron chi connectivity index (χ2n) is 4.72. The Morgan fingerprint density at radius 1 is 1.09 bits per heavy atom. The Hall–Kier alpha value is -1.77. The van der Waals surface area contributed by atoms with Crippen molar-refractivity contribution in [2.75, 3.05) is 0 Å². The van der Waals surface area contributed by atoms with Crippen molar-refractivity contribution in [2.24, 2.45) is 0 Å². The standard InChI is InChI=1S/C15H10BrN5S2/c16-10-5-7-11(8-6-10)21-14(18-19-20-21)9-22-15-17-12-3-1-2-4-13(12)23-15/h1-8H,9H2.